The van der Waals surface area contributed by atoms with E-state index in [1.165, 1.54) is 0 Å². The maximum Gasteiger partial charge on any atom is 0.372 e. The molecule has 4 heteroatoms. The number of fused-ring (bicyclic) bond motifs is 3. The third-order valence-electron chi connectivity index (χ3n) is 3.44. The molecule has 0 radical (unpaired) electrons. The molecule has 2 aromatic carbocycles. The first-order valence-corrected chi connectivity index (χ1v) is 6.87. The highest BCUT2D eigenvalue weighted by molar-refractivity contribution is 6.37. The number of carbonyl (C=O) groups is 1. The minimum absolute atomic E-state index is 0.0225. The fraction of sp³-hybridized carbons (Fsp3) is 0.188. The van der Waals surface area contributed by atoms with Gasteiger partial charge in [0.15, 0.2) is 0 Å². The lowest BCUT2D eigenvalue weighted by atomic mass is 10.0. The van der Waals surface area contributed by atoms with Gasteiger partial charge in [-0.25, -0.2) is 4.79 Å². The Kier molecular flexibility index (Phi) is 3.14. The second-order valence-corrected chi connectivity index (χ2v) is 5.15. The van der Waals surface area contributed by atoms with Crippen LogP contribution in [0.3, 0.4) is 0 Å². The van der Waals surface area contributed by atoms with Crippen LogP contribution in [0.2, 0.25) is 5.02 Å². The van der Waals surface area contributed by atoms with E-state index >= 15 is 0 Å². The molecule has 3 nitrogen and oxygen atoms in total. The Morgan fingerprint density at radius 1 is 1.25 bits per heavy atom. The third kappa shape index (κ3) is 1.86. The van der Waals surface area contributed by atoms with Gasteiger partial charge in [-0.1, -0.05) is 49.2 Å². The monoisotopic (exact) mass is 288 g/mol. The highest BCUT2D eigenvalue weighted by atomic mass is 35.5. The summed E-state index contributed by atoms with van der Waals surface area (Å²) in [6.45, 7) is 2.01. The molecule has 0 bridgehead atoms. The van der Waals surface area contributed by atoms with Crippen LogP contribution in [0.4, 0.5) is 0 Å². The molecule has 0 aliphatic rings. The van der Waals surface area contributed by atoms with Crippen molar-refractivity contribution >= 4 is 39.3 Å². The van der Waals surface area contributed by atoms with Crippen molar-refractivity contribution in [3.8, 4) is 0 Å². The van der Waals surface area contributed by atoms with E-state index in [1.54, 1.807) is 6.07 Å². The predicted molar refractivity (Wildman–Crippen MR) is 79.7 cm³/mol. The normalized spacial score (nSPS) is 11.3. The van der Waals surface area contributed by atoms with Crippen molar-refractivity contribution in [1.82, 2.24) is 0 Å². The molecule has 1 N–H and O–H groups in total. The van der Waals surface area contributed by atoms with E-state index in [-0.39, 0.29) is 5.76 Å². The first kappa shape index (κ1) is 13.0. The number of rotatable bonds is 3. The number of benzene rings is 2. The Morgan fingerprint density at radius 3 is 2.60 bits per heavy atom. The van der Waals surface area contributed by atoms with Gasteiger partial charge in [0.1, 0.15) is 5.58 Å². The number of aromatic carboxylic acids is 1. The molecule has 0 atom stereocenters. The second-order valence-electron chi connectivity index (χ2n) is 4.75. The Bertz CT molecular complexity index is 817. The molecule has 0 aliphatic heterocycles. The van der Waals surface area contributed by atoms with Crippen LogP contribution in [0.25, 0.3) is 21.7 Å². The average molecular weight is 289 g/mol. The van der Waals surface area contributed by atoms with Gasteiger partial charge < -0.3 is 9.52 Å². The molecule has 0 aliphatic carbocycles. The van der Waals surface area contributed by atoms with Crippen LogP contribution in [0.15, 0.2) is 34.7 Å². The van der Waals surface area contributed by atoms with E-state index in [1.807, 2.05) is 31.2 Å². The van der Waals surface area contributed by atoms with Crippen molar-refractivity contribution in [2.24, 2.45) is 0 Å². The molecule has 1 heterocycles. The first-order chi connectivity index (χ1) is 9.63. The van der Waals surface area contributed by atoms with E-state index in [0.717, 1.165) is 28.1 Å². The number of furan rings is 1. The summed E-state index contributed by atoms with van der Waals surface area (Å²) in [6, 6.07) is 9.39. The van der Waals surface area contributed by atoms with Crippen molar-refractivity contribution in [3.05, 3.63) is 46.7 Å². The number of halogens is 1. The number of aryl methyl sites for hydroxylation is 1. The van der Waals surface area contributed by atoms with Crippen LogP contribution in [-0.2, 0) is 6.42 Å². The van der Waals surface area contributed by atoms with Crippen molar-refractivity contribution in [2.45, 2.75) is 19.8 Å². The lowest BCUT2D eigenvalue weighted by Gasteiger charge is -2.02. The van der Waals surface area contributed by atoms with Crippen LogP contribution in [0.1, 0.15) is 29.5 Å². The number of hydrogen-bond acceptors (Lipinski definition) is 2. The van der Waals surface area contributed by atoms with Gasteiger partial charge in [-0.2, -0.15) is 0 Å². The maximum atomic E-state index is 11.4. The summed E-state index contributed by atoms with van der Waals surface area (Å²) >= 11 is 6.31. The van der Waals surface area contributed by atoms with Crippen molar-refractivity contribution in [1.29, 1.82) is 0 Å². The highest BCUT2D eigenvalue weighted by Gasteiger charge is 2.21. The van der Waals surface area contributed by atoms with Gasteiger partial charge in [0.05, 0.1) is 0 Å². The summed E-state index contributed by atoms with van der Waals surface area (Å²) in [7, 11) is 0. The summed E-state index contributed by atoms with van der Waals surface area (Å²) < 4.78 is 5.62. The molecule has 0 spiro atoms. The van der Waals surface area contributed by atoms with E-state index < -0.39 is 5.97 Å². The standard InChI is InChI=1S/C16H13ClO3/c1-2-5-10-12-8-13(17)9-6-3-4-7-11(9)14(12)20-15(10)16(18)19/h3-4,6-8H,2,5H2,1H3,(H,18,19). The molecule has 0 saturated carbocycles. The molecule has 1 aromatic heterocycles. The summed E-state index contributed by atoms with van der Waals surface area (Å²) in [6.07, 6.45) is 1.50. The summed E-state index contributed by atoms with van der Waals surface area (Å²) in [5.41, 5.74) is 1.33. The lowest BCUT2D eigenvalue weighted by Crippen LogP contribution is -1.98. The molecular formula is C16H13ClO3. The van der Waals surface area contributed by atoms with Gasteiger partial charge in [0.25, 0.3) is 0 Å². The van der Waals surface area contributed by atoms with Gasteiger partial charge in [-0.15, -0.1) is 0 Å². The van der Waals surface area contributed by atoms with Gasteiger partial charge in [-0.05, 0) is 12.5 Å². The Labute approximate surface area is 120 Å². The van der Waals surface area contributed by atoms with Gasteiger partial charge in [-0.3, -0.25) is 0 Å². The van der Waals surface area contributed by atoms with E-state index in [9.17, 15) is 9.90 Å². The molecule has 0 saturated heterocycles. The molecule has 0 amide bonds. The van der Waals surface area contributed by atoms with Gasteiger partial charge >= 0.3 is 5.97 Å². The van der Waals surface area contributed by atoms with E-state index in [2.05, 4.69) is 0 Å². The maximum absolute atomic E-state index is 11.4. The Hall–Kier alpha value is -2.00. The molecule has 0 unspecified atom stereocenters. The van der Waals surface area contributed by atoms with Gasteiger partial charge in [0, 0.05) is 26.7 Å². The first-order valence-electron chi connectivity index (χ1n) is 6.49. The average Bonchev–Trinajstić information content (AvgIpc) is 2.79. The Balaban J connectivity index is 2.47. The highest BCUT2D eigenvalue weighted by Crippen LogP contribution is 2.36. The molecule has 3 rings (SSSR count). The molecule has 0 fully saturated rings. The van der Waals surface area contributed by atoms with Crippen LogP contribution in [0.5, 0.6) is 0 Å². The smallest absolute Gasteiger partial charge is 0.372 e. The largest absolute Gasteiger partial charge is 0.475 e. The fourth-order valence-electron chi connectivity index (χ4n) is 2.60. The predicted octanol–water partition coefficient (Wildman–Crippen LogP) is 4.89. The van der Waals surface area contributed by atoms with Crippen LogP contribution >= 0.6 is 11.6 Å². The minimum atomic E-state index is -1.04. The zero-order chi connectivity index (χ0) is 14.3. The zero-order valence-electron chi connectivity index (χ0n) is 10.9. The van der Waals surface area contributed by atoms with Crippen molar-refractivity contribution in [2.75, 3.05) is 0 Å². The third-order valence-corrected chi connectivity index (χ3v) is 3.75. The number of hydrogen-bond donors (Lipinski definition) is 1. The van der Waals surface area contributed by atoms with Crippen LogP contribution in [0, 0.1) is 0 Å². The fourth-order valence-corrected chi connectivity index (χ4v) is 2.87. The van der Waals surface area contributed by atoms with Crippen molar-refractivity contribution in [3.63, 3.8) is 0 Å². The molecule has 102 valence electrons. The van der Waals surface area contributed by atoms with E-state index in [4.69, 9.17) is 16.0 Å². The van der Waals surface area contributed by atoms with Crippen LogP contribution < -0.4 is 0 Å². The van der Waals surface area contributed by atoms with E-state index in [0.29, 0.717) is 17.0 Å². The molecule has 3 aromatic rings. The summed E-state index contributed by atoms with van der Waals surface area (Å²) in [4.78, 5) is 11.4. The lowest BCUT2D eigenvalue weighted by molar-refractivity contribution is 0.0663. The number of carboxylic acids is 1. The topological polar surface area (TPSA) is 50.4 Å². The van der Waals surface area contributed by atoms with Crippen molar-refractivity contribution < 1.29 is 14.3 Å². The summed E-state index contributed by atoms with van der Waals surface area (Å²) in [5, 5.41) is 12.4. The Morgan fingerprint density at radius 2 is 1.95 bits per heavy atom. The second kappa shape index (κ2) is 4.84. The summed E-state index contributed by atoms with van der Waals surface area (Å²) in [5.74, 6) is -1.01. The zero-order valence-corrected chi connectivity index (χ0v) is 11.7. The van der Waals surface area contributed by atoms with Gasteiger partial charge in [0.2, 0.25) is 5.76 Å². The van der Waals surface area contributed by atoms with Crippen LogP contribution in [-0.4, -0.2) is 11.1 Å². The minimum Gasteiger partial charge on any atom is -0.475 e. The molecular weight excluding hydrogens is 276 g/mol. The quantitative estimate of drug-likeness (QED) is 0.746. The molecule has 20 heavy (non-hydrogen) atoms. The SMILES string of the molecule is CCCc1c(C(=O)O)oc2c1cc(Cl)c1ccccc12. The number of carboxylic acid groups (broad SMARTS) is 1.